The third-order valence-electron chi connectivity index (χ3n) is 2.01. The van der Waals surface area contributed by atoms with Gasteiger partial charge < -0.3 is 0 Å². The molecule has 0 aromatic carbocycles. The molecular weight excluding hydrogens is 148 g/mol. The van der Waals surface area contributed by atoms with Crippen LogP contribution in [0.4, 0.5) is 0 Å². The van der Waals surface area contributed by atoms with Crippen molar-refractivity contribution in [3.05, 3.63) is 23.3 Å². The Morgan fingerprint density at radius 3 is 2.50 bits per heavy atom. The van der Waals surface area contributed by atoms with Crippen LogP contribution in [0, 0.1) is 5.92 Å². The number of allylic oxidation sites excluding steroid dienone is 4. The third-order valence-corrected chi connectivity index (χ3v) is 2.01. The van der Waals surface area contributed by atoms with Gasteiger partial charge in [0.15, 0.2) is 0 Å². The highest BCUT2D eigenvalue weighted by Crippen LogP contribution is 2.21. The molecule has 0 radical (unpaired) electrons. The molecular formula is C11H18O. The Balaban J connectivity index is 0.000000561. The predicted molar refractivity (Wildman–Crippen MR) is 53.0 cm³/mol. The fourth-order valence-electron chi connectivity index (χ4n) is 1.04. The lowest BCUT2D eigenvalue weighted by molar-refractivity contribution is -0.104. The summed E-state index contributed by atoms with van der Waals surface area (Å²) in [5, 5.41) is 0. The van der Waals surface area contributed by atoms with E-state index in [1.807, 2.05) is 26.0 Å². The van der Waals surface area contributed by atoms with E-state index in [9.17, 15) is 4.79 Å². The lowest BCUT2D eigenvalue weighted by atomic mass is 9.92. The van der Waals surface area contributed by atoms with Gasteiger partial charge in [0.2, 0.25) is 0 Å². The molecule has 1 rings (SSSR count). The van der Waals surface area contributed by atoms with Crippen molar-refractivity contribution in [2.24, 2.45) is 5.92 Å². The largest absolute Gasteiger partial charge is 0.298 e. The highest BCUT2D eigenvalue weighted by Gasteiger charge is 2.07. The van der Waals surface area contributed by atoms with E-state index in [-0.39, 0.29) is 0 Å². The number of rotatable bonds is 1. The zero-order chi connectivity index (χ0) is 9.56. The van der Waals surface area contributed by atoms with E-state index in [1.54, 1.807) is 0 Å². The van der Waals surface area contributed by atoms with Crippen molar-refractivity contribution in [3.8, 4) is 0 Å². The average Bonchev–Trinajstić information content (AvgIpc) is 2.13. The summed E-state index contributed by atoms with van der Waals surface area (Å²) >= 11 is 0. The number of carbonyl (C=O) groups is 1. The SMILES string of the molecule is CC.CC1=CC(C=O)=CC[C@H]1C. The van der Waals surface area contributed by atoms with Crippen molar-refractivity contribution in [2.45, 2.75) is 34.1 Å². The van der Waals surface area contributed by atoms with Crippen LogP contribution in [0.3, 0.4) is 0 Å². The highest BCUT2D eigenvalue weighted by molar-refractivity contribution is 5.78. The van der Waals surface area contributed by atoms with E-state index in [0.29, 0.717) is 5.92 Å². The van der Waals surface area contributed by atoms with E-state index in [2.05, 4.69) is 13.8 Å². The molecule has 1 nitrogen and oxygen atoms in total. The molecule has 0 spiro atoms. The molecule has 0 saturated heterocycles. The molecule has 0 N–H and O–H groups in total. The maximum atomic E-state index is 10.3. The van der Waals surface area contributed by atoms with Crippen LogP contribution in [0.15, 0.2) is 23.3 Å². The van der Waals surface area contributed by atoms with Gasteiger partial charge in [-0.1, -0.05) is 38.5 Å². The summed E-state index contributed by atoms with van der Waals surface area (Å²) in [5.74, 6) is 0.615. The lowest BCUT2D eigenvalue weighted by Gasteiger charge is -2.13. The van der Waals surface area contributed by atoms with Crippen LogP contribution in [0.2, 0.25) is 0 Å². The first kappa shape index (κ1) is 11.2. The third kappa shape index (κ3) is 3.04. The molecule has 0 saturated carbocycles. The normalized spacial score (nSPS) is 21.5. The van der Waals surface area contributed by atoms with Crippen molar-refractivity contribution in [1.82, 2.24) is 0 Å². The van der Waals surface area contributed by atoms with Crippen molar-refractivity contribution in [3.63, 3.8) is 0 Å². The van der Waals surface area contributed by atoms with Gasteiger partial charge in [0.1, 0.15) is 6.29 Å². The molecule has 0 heterocycles. The van der Waals surface area contributed by atoms with Crippen LogP contribution in [-0.4, -0.2) is 6.29 Å². The van der Waals surface area contributed by atoms with Gasteiger partial charge in [-0.2, -0.15) is 0 Å². The number of carbonyl (C=O) groups excluding carboxylic acids is 1. The molecule has 0 aromatic heterocycles. The monoisotopic (exact) mass is 166 g/mol. The van der Waals surface area contributed by atoms with Crippen LogP contribution in [0.1, 0.15) is 34.1 Å². The molecule has 0 unspecified atom stereocenters. The second kappa shape index (κ2) is 5.76. The molecule has 1 aliphatic carbocycles. The van der Waals surface area contributed by atoms with E-state index in [0.717, 1.165) is 18.3 Å². The van der Waals surface area contributed by atoms with Gasteiger partial charge in [-0.05, 0) is 19.3 Å². The zero-order valence-corrected chi connectivity index (χ0v) is 8.42. The Kier molecular flexibility index (Phi) is 5.35. The van der Waals surface area contributed by atoms with E-state index >= 15 is 0 Å². The van der Waals surface area contributed by atoms with Crippen molar-refractivity contribution < 1.29 is 4.79 Å². The molecule has 0 amide bonds. The van der Waals surface area contributed by atoms with Crippen LogP contribution in [0.25, 0.3) is 0 Å². The summed E-state index contributed by atoms with van der Waals surface area (Å²) in [6, 6.07) is 0. The minimum atomic E-state index is 0.615. The van der Waals surface area contributed by atoms with Gasteiger partial charge in [-0.25, -0.2) is 0 Å². The van der Waals surface area contributed by atoms with Crippen molar-refractivity contribution >= 4 is 6.29 Å². The second-order valence-electron chi connectivity index (χ2n) is 2.85. The van der Waals surface area contributed by atoms with Crippen LogP contribution < -0.4 is 0 Å². The molecule has 0 aliphatic heterocycles. The number of hydrogen-bond acceptors (Lipinski definition) is 1. The van der Waals surface area contributed by atoms with Gasteiger partial charge in [0, 0.05) is 5.57 Å². The molecule has 1 aliphatic rings. The van der Waals surface area contributed by atoms with Crippen LogP contribution in [0.5, 0.6) is 0 Å². The fourth-order valence-corrected chi connectivity index (χ4v) is 1.04. The molecule has 12 heavy (non-hydrogen) atoms. The minimum Gasteiger partial charge on any atom is -0.298 e. The number of aldehydes is 1. The maximum Gasteiger partial charge on any atom is 0.149 e. The van der Waals surface area contributed by atoms with Gasteiger partial charge in [-0.15, -0.1) is 0 Å². The Hall–Kier alpha value is -0.850. The van der Waals surface area contributed by atoms with Crippen LogP contribution >= 0.6 is 0 Å². The molecule has 0 bridgehead atoms. The van der Waals surface area contributed by atoms with Crippen LogP contribution in [-0.2, 0) is 4.79 Å². The Labute approximate surface area is 75.2 Å². The first-order valence-electron chi connectivity index (χ1n) is 4.57. The fraction of sp³-hybridized carbons (Fsp3) is 0.545. The molecule has 0 fully saturated rings. The van der Waals surface area contributed by atoms with E-state index in [4.69, 9.17) is 0 Å². The molecule has 1 heteroatoms. The summed E-state index contributed by atoms with van der Waals surface area (Å²) in [7, 11) is 0. The molecule has 68 valence electrons. The quantitative estimate of drug-likeness (QED) is 0.547. The summed E-state index contributed by atoms with van der Waals surface area (Å²) in [6.07, 6.45) is 5.87. The standard InChI is InChI=1S/C9H12O.C2H6/c1-7-3-4-9(6-10)5-8(7)2;1-2/h4-7H,3H2,1-2H3;1-2H3/t7-;/m1./s1. The average molecular weight is 166 g/mol. The minimum absolute atomic E-state index is 0.615. The highest BCUT2D eigenvalue weighted by atomic mass is 16.1. The van der Waals surface area contributed by atoms with Gasteiger partial charge in [-0.3, -0.25) is 4.79 Å². The maximum absolute atomic E-state index is 10.3. The molecule has 0 aromatic rings. The second-order valence-corrected chi connectivity index (χ2v) is 2.85. The first-order chi connectivity index (χ1) is 5.74. The molecule has 1 atom stereocenters. The number of hydrogen-bond donors (Lipinski definition) is 0. The Morgan fingerprint density at radius 2 is 2.08 bits per heavy atom. The van der Waals surface area contributed by atoms with E-state index in [1.165, 1.54) is 5.57 Å². The Morgan fingerprint density at radius 1 is 1.50 bits per heavy atom. The van der Waals surface area contributed by atoms with Gasteiger partial charge in [0.05, 0.1) is 0 Å². The first-order valence-corrected chi connectivity index (χ1v) is 4.57. The van der Waals surface area contributed by atoms with Crippen molar-refractivity contribution in [2.75, 3.05) is 0 Å². The summed E-state index contributed by atoms with van der Waals surface area (Å²) in [4.78, 5) is 10.3. The summed E-state index contributed by atoms with van der Waals surface area (Å²) in [6.45, 7) is 8.24. The smallest absolute Gasteiger partial charge is 0.149 e. The van der Waals surface area contributed by atoms with Gasteiger partial charge >= 0.3 is 0 Å². The topological polar surface area (TPSA) is 17.1 Å². The van der Waals surface area contributed by atoms with Crippen molar-refractivity contribution in [1.29, 1.82) is 0 Å². The zero-order valence-electron chi connectivity index (χ0n) is 8.42. The van der Waals surface area contributed by atoms with E-state index < -0.39 is 0 Å². The lowest BCUT2D eigenvalue weighted by Crippen LogP contribution is -2.01. The Bertz CT molecular complexity index is 199. The summed E-state index contributed by atoms with van der Waals surface area (Å²) < 4.78 is 0. The predicted octanol–water partition coefficient (Wildman–Crippen LogP) is 3.12. The summed E-state index contributed by atoms with van der Waals surface area (Å²) in [5.41, 5.74) is 2.14. The van der Waals surface area contributed by atoms with Gasteiger partial charge in [0.25, 0.3) is 0 Å².